The molecule has 182 valence electrons. The first-order valence-corrected chi connectivity index (χ1v) is 10.5. The van der Waals surface area contributed by atoms with Crippen molar-refractivity contribution in [3.63, 3.8) is 0 Å². The zero-order valence-corrected chi connectivity index (χ0v) is 17.5. The van der Waals surface area contributed by atoms with Gasteiger partial charge in [-0.2, -0.15) is 22.0 Å². The van der Waals surface area contributed by atoms with Crippen molar-refractivity contribution in [1.29, 1.82) is 0 Å². The monoisotopic (exact) mass is 479 g/mol. The van der Waals surface area contributed by atoms with Crippen molar-refractivity contribution >= 4 is 11.8 Å². The number of rotatable bonds is 8. The van der Waals surface area contributed by atoms with Gasteiger partial charge in [0.25, 0.3) is 5.91 Å². The summed E-state index contributed by atoms with van der Waals surface area (Å²) in [5.41, 5.74) is -2.05. The summed E-state index contributed by atoms with van der Waals surface area (Å²) in [5.74, 6) is -2.69. The van der Waals surface area contributed by atoms with Gasteiger partial charge in [-0.1, -0.05) is 0 Å². The van der Waals surface area contributed by atoms with Crippen LogP contribution in [0.25, 0.3) is 0 Å². The molecule has 2 saturated carbocycles. The highest BCUT2D eigenvalue weighted by Gasteiger charge is 2.64. The number of benzene rings is 1. The maximum Gasteiger partial charge on any atom is 0.411 e. The van der Waals surface area contributed by atoms with Crippen molar-refractivity contribution < 1.29 is 40.7 Å². The molecule has 33 heavy (non-hydrogen) atoms. The van der Waals surface area contributed by atoms with Gasteiger partial charge in [-0.3, -0.25) is 14.5 Å². The lowest BCUT2D eigenvalue weighted by Gasteiger charge is -2.59. The first kappa shape index (κ1) is 23.7. The standard InChI is InChI=1S/C21H23F6N3O3/c22-14-2-1-13(5-15(14)33-18(23)24)17(32)28-8-12-6-19(7-12)10-30(11-19)9-16(31)29-20(3-4-20)21(25,26)27/h1-2,5,12,18H,3-4,6-11H2,(H,28,32)(H,29,31). The van der Waals surface area contributed by atoms with Gasteiger partial charge in [0.05, 0.1) is 6.54 Å². The Hall–Kier alpha value is -2.50. The molecule has 3 fully saturated rings. The van der Waals surface area contributed by atoms with Gasteiger partial charge in [0.1, 0.15) is 5.54 Å². The molecule has 3 aliphatic rings. The van der Waals surface area contributed by atoms with Crippen LogP contribution in [0.2, 0.25) is 0 Å². The quantitative estimate of drug-likeness (QED) is 0.563. The molecular formula is C21H23F6N3O3. The number of likely N-dealkylation sites (tertiary alicyclic amines) is 1. The minimum Gasteiger partial charge on any atom is -0.432 e. The third-order valence-corrected chi connectivity index (χ3v) is 6.56. The molecule has 6 nitrogen and oxygen atoms in total. The van der Waals surface area contributed by atoms with Crippen LogP contribution in [-0.4, -0.2) is 61.2 Å². The predicted octanol–water partition coefficient (Wildman–Crippen LogP) is 3.08. The van der Waals surface area contributed by atoms with E-state index in [2.05, 4.69) is 15.4 Å². The smallest absolute Gasteiger partial charge is 0.411 e. The Morgan fingerprint density at radius 1 is 1.18 bits per heavy atom. The predicted molar refractivity (Wildman–Crippen MR) is 103 cm³/mol. The van der Waals surface area contributed by atoms with Crippen molar-refractivity contribution in [2.24, 2.45) is 11.3 Å². The molecule has 1 aromatic carbocycles. The lowest BCUT2D eigenvalue weighted by atomic mass is 9.57. The summed E-state index contributed by atoms with van der Waals surface area (Å²) >= 11 is 0. The lowest BCUT2D eigenvalue weighted by molar-refractivity contribution is -0.172. The summed E-state index contributed by atoms with van der Waals surface area (Å²) < 4.78 is 81.0. The van der Waals surface area contributed by atoms with E-state index in [1.54, 1.807) is 4.90 Å². The molecule has 2 N–H and O–H groups in total. The first-order valence-electron chi connectivity index (χ1n) is 10.5. The van der Waals surface area contributed by atoms with Crippen LogP contribution in [0, 0.1) is 17.2 Å². The zero-order valence-electron chi connectivity index (χ0n) is 17.5. The van der Waals surface area contributed by atoms with Crippen LogP contribution in [0.1, 0.15) is 36.0 Å². The van der Waals surface area contributed by atoms with Crippen molar-refractivity contribution in [3.8, 4) is 5.75 Å². The molecule has 12 heteroatoms. The highest BCUT2D eigenvalue weighted by molar-refractivity contribution is 5.94. The number of carbonyl (C=O) groups excluding carboxylic acids is 2. The van der Waals surface area contributed by atoms with E-state index in [0.717, 1.165) is 25.0 Å². The van der Waals surface area contributed by atoms with Gasteiger partial charge < -0.3 is 15.4 Å². The fourth-order valence-electron chi connectivity index (χ4n) is 4.87. The van der Waals surface area contributed by atoms with E-state index in [0.29, 0.717) is 19.6 Å². The van der Waals surface area contributed by atoms with E-state index < -0.39 is 41.7 Å². The number of amides is 2. The Morgan fingerprint density at radius 3 is 2.42 bits per heavy atom. The summed E-state index contributed by atoms with van der Waals surface area (Å²) in [6.07, 6.45) is -3.02. The van der Waals surface area contributed by atoms with Crippen LogP contribution in [0.4, 0.5) is 26.3 Å². The maximum atomic E-state index is 13.5. The zero-order chi connectivity index (χ0) is 24.0. The largest absolute Gasteiger partial charge is 0.432 e. The van der Waals surface area contributed by atoms with Crippen molar-refractivity contribution in [1.82, 2.24) is 15.5 Å². The molecule has 0 radical (unpaired) electrons. The molecular weight excluding hydrogens is 456 g/mol. The number of nitrogens with zero attached hydrogens (tertiary/aromatic N) is 1. The molecule has 0 atom stereocenters. The Kier molecular flexibility index (Phi) is 6.00. The Morgan fingerprint density at radius 2 is 1.85 bits per heavy atom. The summed E-state index contributed by atoms with van der Waals surface area (Å²) in [5, 5.41) is 4.81. The third kappa shape index (κ3) is 5.04. The average molecular weight is 479 g/mol. The topological polar surface area (TPSA) is 70.7 Å². The highest BCUT2D eigenvalue weighted by atomic mass is 19.4. The molecule has 0 unspecified atom stereocenters. The summed E-state index contributed by atoms with van der Waals surface area (Å²) in [6.45, 7) is -1.73. The number of halogens is 6. The Bertz CT molecular complexity index is 920. The molecule has 2 aliphatic carbocycles. The van der Waals surface area contributed by atoms with E-state index in [-0.39, 0.29) is 36.3 Å². The van der Waals surface area contributed by atoms with E-state index in [4.69, 9.17) is 0 Å². The second-order valence-electron chi connectivity index (χ2n) is 9.28. The first-order chi connectivity index (χ1) is 15.4. The molecule has 0 aromatic heterocycles. The van der Waals surface area contributed by atoms with E-state index >= 15 is 0 Å². The van der Waals surface area contributed by atoms with Gasteiger partial charge in [-0.15, -0.1) is 0 Å². The number of carbonyl (C=O) groups is 2. The maximum absolute atomic E-state index is 13.5. The van der Waals surface area contributed by atoms with E-state index in [1.807, 2.05) is 0 Å². The van der Waals surface area contributed by atoms with Gasteiger partial charge in [0, 0.05) is 25.2 Å². The number of hydrogen-bond donors (Lipinski definition) is 2. The SMILES string of the molecule is O=C(CN1CC2(CC(CNC(=O)c3ccc(F)c(OC(F)F)c3)C2)C1)NC1(C(F)(F)F)CC1. The molecule has 2 amide bonds. The molecule has 1 heterocycles. The summed E-state index contributed by atoms with van der Waals surface area (Å²) in [7, 11) is 0. The molecule has 1 aliphatic heterocycles. The lowest BCUT2D eigenvalue weighted by Crippen LogP contribution is -2.65. The Balaban J connectivity index is 1.16. The molecule has 1 aromatic rings. The van der Waals surface area contributed by atoms with Gasteiger partial charge >= 0.3 is 12.8 Å². The van der Waals surface area contributed by atoms with Crippen molar-refractivity contribution in [2.75, 3.05) is 26.2 Å². The summed E-state index contributed by atoms with van der Waals surface area (Å²) in [4.78, 5) is 26.0. The fourth-order valence-corrected chi connectivity index (χ4v) is 4.87. The van der Waals surface area contributed by atoms with Crippen LogP contribution in [0.5, 0.6) is 5.75 Å². The summed E-state index contributed by atoms with van der Waals surface area (Å²) in [6, 6.07) is 2.97. The number of hydrogen-bond acceptors (Lipinski definition) is 4. The Labute approximate surface area is 185 Å². The molecule has 1 spiro atoms. The van der Waals surface area contributed by atoms with Crippen LogP contribution in [-0.2, 0) is 4.79 Å². The van der Waals surface area contributed by atoms with Crippen LogP contribution < -0.4 is 15.4 Å². The second kappa shape index (κ2) is 8.37. The normalized spacial score (nSPS) is 21.3. The molecule has 4 rings (SSSR count). The van der Waals surface area contributed by atoms with Gasteiger partial charge in [-0.05, 0) is 55.2 Å². The second-order valence-corrected chi connectivity index (χ2v) is 9.28. The molecule has 1 saturated heterocycles. The number of ether oxygens (including phenoxy) is 1. The number of nitrogens with one attached hydrogen (secondary N) is 2. The minimum atomic E-state index is -4.43. The average Bonchev–Trinajstić information content (AvgIpc) is 3.43. The minimum absolute atomic E-state index is 0.00508. The van der Waals surface area contributed by atoms with E-state index in [9.17, 15) is 35.9 Å². The molecule has 0 bridgehead atoms. The van der Waals surface area contributed by atoms with Crippen LogP contribution in [0.15, 0.2) is 18.2 Å². The van der Waals surface area contributed by atoms with Crippen LogP contribution in [0.3, 0.4) is 0 Å². The van der Waals surface area contributed by atoms with Gasteiger partial charge in [-0.25, -0.2) is 4.39 Å². The highest BCUT2D eigenvalue weighted by Crippen LogP contribution is 2.52. The third-order valence-electron chi connectivity index (χ3n) is 6.56. The van der Waals surface area contributed by atoms with Crippen LogP contribution >= 0.6 is 0 Å². The van der Waals surface area contributed by atoms with Crippen molar-refractivity contribution in [3.05, 3.63) is 29.6 Å². The van der Waals surface area contributed by atoms with E-state index in [1.165, 1.54) is 6.07 Å². The number of alkyl halides is 5. The fraction of sp³-hybridized carbons (Fsp3) is 0.619. The van der Waals surface area contributed by atoms with Gasteiger partial charge in [0.15, 0.2) is 11.6 Å². The van der Waals surface area contributed by atoms with Gasteiger partial charge in [0.2, 0.25) is 5.91 Å². The van der Waals surface area contributed by atoms with Crippen molar-refractivity contribution in [2.45, 2.75) is 44.0 Å².